The maximum absolute atomic E-state index is 12.9. The first-order chi connectivity index (χ1) is 13.5. The van der Waals surface area contributed by atoms with Crippen molar-refractivity contribution < 1.29 is 19.1 Å². The maximum atomic E-state index is 12.9. The molecule has 148 valence electrons. The summed E-state index contributed by atoms with van der Waals surface area (Å²) < 4.78 is 10.7. The second-order valence-electron chi connectivity index (χ2n) is 6.84. The largest absolute Gasteiger partial charge is 0.493 e. The van der Waals surface area contributed by atoms with Crippen molar-refractivity contribution in [2.75, 3.05) is 32.2 Å². The Kier molecular flexibility index (Phi) is 5.87. The standard InChI is InChI=1S/C22H26N2O4/c1-5-24(18-8-6-7-15(2)11-18)22(26)21(25)23-10-9-16-12-19(27-3)20(28-4)13-17(16)14-23/h6-8,11-13H,5,9-10,14H2,1-4H3. The average molecular weight is 382 g/mol. The predicted octanol–water partition coefficient (Wildman–Crippen LogP) is 2.95. The van der Waals surface area contributed by atoms with E-state index in [0.29, 0.717) is 37.6 Å². The number of carbonyl (C=O) groups is 2. The Hall–Kier alpha value is -3.02. The molecule has 0 aromatic heterocycles. The van der Waals surface area contributed by atoms with Crippen LogP contribution in [-0.2, 0) is 22.6 Å². The van der Waals surface area contributed by atoms with Crippen LogP contribution in [0.1, 0.15) is 23.6 Å². The third-order valence-corrected chi connectivity index (χ3v) is 5.06. The molecular formula is C22H26N2O4. The van der Waals surface area contributed by atoms with Gasteiger partial charge >= 0.3 is 11.8 Å². The van der Waals surface area contributed by atoms with Gasteiger partial charge in [0.05, 0.1) is 14.2 Å². The zero-order valence-corrected chi connectivity index (χ0v) is 16.8. The van der Waals surface area contributed by atoms with Gasteiger partial charge in [-0.25, -0.2) is 0 Å². The van der Waals surface area contributed by atoms with E-state index in [9.17, 15) is 9.59 Å². The Morgan fingerprint density at radius 1 is 1.07 bits per heavy atom. The fourth-order valence-electron chi connectivity index (χ4n) is 3.55. The molecule has 6 nitrogen and oxygen atoms in total. The number of amides is 2. The van der Waals surface area contributed by atoms with Crippen molar-refractivity contribution in [1.82, 2.24) is 4.90 Å². The molecule has 2 aromatic carbocycles. The van der Waals surface area contributed by atoms with Gasteiger partial charge < -0.3 is 19.3 Å². The zero-order chi connectivity index (χ0) is 20.3. The van der Waals surface area contributed by atoms with Crippen molar-refractivity contribution in [3.8, 4) is 11.5 Å². The van der Waals surface area contributed by atoms with Crippen molar-refractivity contribution in [3.05, 3.63) is 53.1 Å². The molecule has 2 amide bonds. The number of hydrogen-bond acceptors (Lipinski definition) is 4. The Balaban J connectivity index is 1.80. The Labute approximate surface area is 165 Å². The summed E-state index contributed by atoms with van der Waals surface area (Å²) in [6.45, 7) is 5.15. The smallest absolute Gasteiger partial charge is 0.316 e. The van der Waals surface area contributed by atoms with E-state index < -0.39 is 11.8 Å². The van der Waals surface area contributed by atoms with E-state index in [4.69, 9.17) is 9.47 Å². The molecule has 1 aliphatic rings. The minimum absolute atomic E-state index is 0.381. The van der Waals surface area contributed by atoms with Crippen LogP contribution in [0.15, 0.2) is 36.4 Å². The lowest BCUT2D eigenvalue weighted by molar-refractivity contribution is -0.145. The number of likely N-dealkylation sites (N-methyl/N-ethyl adjacent to an activating group) is 1. The molecule has 28 heavy (non-hydrogen) atoms. The van der Waals surface area contributed by atoms with Gasteiger partial charge in [0.25, 0.3) is 0 Å². The molecule has 0 radical (unpaired) electrons. The van der Waals surface area contributed by atoms with Crippen LogP contribution in [0, 0.1) is 6.92 Å². The van der Waals surface area contributed by atoms with E-state index in [1.807, 2.05) is 50.2 Å². The van der Waals surface area contributed by atoms with E-state index in [0.717, 1.165) is 22.4 Å². The summed E-state index contributed by atoms with van der Waals surface area (Å²) in [6.07, 6.45) is 0.672. The van der Waals surface area contributed by atoms with Crippen LogP contribution in [0.5, 0.6) is 11.5 Å². The van der Waals surface area contributed by atoms with Gasteiger partial charge in [-0.2, -0.15) is 0 Å². The van der Waals surface area contributed by atoms with Gasteiger partial charge in [-0.05, 0) is 61.2 Å². The topological polar surface area (TPSA) is 59.1 Å². The number of anilines is 1. The van der Waals surface area contributed by atoms with Gasteiger partial charge in [-0.3, -0.25) is 9.59 Å². The second kappa shape index (κ2) is 8.33. The highest BCUT2D eigenvalue weighted by Gasteiger charge is 2.30. The molecule has 0 aliphatic carbocycles. The summed E-state index contributed by atoms with van der Waals surface area (Å²) in [4.78, 5) is 29.0. The lowest BCUT2D eigenvalue weighted by Gasteiger charge is -2.31. The van der Waals surface area contributed by atoms with E-state index in [1.54, 1.807) is 19.1 Å². The van der Waals surface area contributed by atoms with Crippen molar-refractivity contribution in [2.24, 2.45) is 0 Å². The number of aryl methyl sites for hydroxylation is 1. The van der Waals surface area contributed by atoms with Crippen molar-refractivity contribution >= 4 is 17.5 Å². The maximum Gasteiger partial charge on any atom is 0.316 e. The highest BCUT2D eigenvalue weighted by Crippen LogP contribution is 2.33. The quantitative estimate of drug-likeness (QED) is 0.763. The van der Waals surface area contributed by atoms with Crippen molar-refractivity contribution in [1.29, 1.82) is 0 Å². The fourth-order valence-corrected chi connectivity index (χ4v) is 3.55. The Morgan fingerprint density at radius 3 is 2.36 bits per heavy atom. The van der Waals surface area contributed by atoms with Crippen LogP contribution in [0.4, 0.5) is 5.69 Å². The average Bonchev–Trinajstić information content (AvgIpc) is 2.72. The summed E-state index contributed by atoms with van der Waals surface area (Å²) in [5.41, 5.74) is 3.87. The van der Waals surface area contributed by atoms with Crippen molar-refractivity contribution in [2.45, 2.75) is 26.8 Å². The molecule has 0 atom stereocenters. The molecule has 0 saturated carbocycles. The summed E-state index contributed by atoms with van der Waals surface area (Å²) in [7, 11) is 3.19. The van der Waals surface area contributed by atoms with Crippen LogP contribution >= 0.6 is 0 Å². The van der Waals surface area contributed by atoms with Crippen LogP contribution < -0.4 is 14.4 Å². The summed E-state index contributed by atoms with van der Waals surface area (Å²) in [6, 6.07) is 11.5. The first-order valence-electron chi connectivity index (χ1n) is 9.39. The van der Waals surface area contributed by atoms with Gasteiger partial charge in [0.2, 0.25) is 0 Å². The number of nitrogens with zero attached hydrogens (tertiary/aromatic N) is 2. The second-order valence-corrected chi connectivity index (χ2v) is 6.84. The lowest BCUT2D eigenvalue weighted by Crippen LogP contribution is -2.47. The number of benzene rings is 2. The highest BCUT2D eigenvalue weighted by molar-refractivity contribution is 6.40. The van der Waals surface area contributed by atoms with Crippen LogP contribution in [0.2, 0.25) is 0 Å². The van der Waals surface area contributed by atoms with Gasteiger partial charge in [0.15, 0.2) is 11.5 Å². The van der Waals surface area contributed by atoms with Crippen molar-refractivity contribution in [3.63, 3.8) is 0 Å². The third kappa shape index (κ3) is 3.81. The van der Waals surface area contributed by atoms with E-state index in [-0.39, 0.29) is 0 Å². The van der Waals surface area contributed by atoms with E-state index in [1.165, 1.54) is 4.90 Å². The molecule has 0 spiro atoms. The fraction of sp³-hybridized carbons (Fsp3) is 0.364. The van der Waals surface area contributed by atoms with E-state index in [2.05, 4.69) is 0 Å². The molecule has 0 N–H and O–H groups in total. The monoisotopic (exact) mass is 382 g/mol. The van der Waals surface area contributed by atoms with Crippen LogP contribution in [-0.4, -0.2) is 44.0 Å². The summed E-state index contributed by atoms with van der Waals surface area (Å²) in [5.74, 6) is 0.311. The summed E-state index contributed by atoms with van der Waals surface area (Å²) >= 11 is 0. The third-order valence-electron chi connectivity index (χ3n) is 5.06. The Bertz CT molecular complexity index is 894. The minimum Gasteiger partial charge on any atom is -0.493 e. The first-order valence-corrected chi connectivity index (χ1v) is 9.39. The number of hydrogen-bond donors (Lipinski definition) is 0. The zero-order valence-electron chi connectivity index (χ0n) is 16.8. The van der Waals surface area contributed by atoms with Gasteiger partial charge in [0, 0.05) is 25.3 Å². The molecule has 1 aliphatic heterocycles. The molecule has 0 fully saturated rings. The normalized spacial score (nSPS) is 12.9. The predicted molar refractivity (Wildman–Crippen MR) is 108 cm³/mol. The lowest BCUT2D eigenvalue weighted by atomic mass is 9.98. The molecule has 3 rings (SSSR count). The molecular weight excluding hydrogens is 356 g/mol. The number of ether oxygens (including phenoxy) is 2. The molecule has 0 saturated heterocycles. The van der Waals surface area contributed by atoms with Crippen LogP contribution in [0.25, 0.3) is 0 Å². The molecule has 0 bridgehead atoms. The first kappa shape index (κ1) is 19.7. The molecule has 6 heteroatoms. The van der Waals surface area contributed by atoms with Gasteiger partial charge in [-0.1, -0.05) is 12.1 Å². The number of fused-ring (bicyclic) bond motifs is 1. The van der Waals surface area contributed by atoms with Crippen LogP contribution in [0.3, 0.4) is 0 Å². The van der Waals surface area contributed by atoms with Gasteiger partial charge in [0.1, 0.15) is 0 Å². The molecule has 0 unspecified atom stereocenters. The number of carbonyl (C=O) groups excluding carboxylic acids is 2. The Morgan fingerprint density at radius 2 is 1.75 bits per heavy atom. The minimum atomic E-state index is -0.503. The number of rotatable bonds is 4. The highest BCUT2D eigenvalue weighted by atomic mass is 16.5. The molecule has 1 heterocycles. The SMILES string of the molecule is CCN(C(=O)C(=O)N1CCc2cc(OC)c(OC)cc2C1)c1cccc(C)c1. The van der Waals surface area contributed by atoms with E-state index >= 15 is 0 Å². The number of methoxy groups -OCH3 is 2. The summed E-state index contributed by atoms with van der Waals surface area (Å²) in [5, 5.41) is 0. The van der Waals surface area contributed by atoms with Gasteiger partial charge in [-0.15, -0.1) is 0 Å². The molecule has 2 aromatic rings.